The van der Waals surface area contributed by atoms with Gasteiger partial charge in [0, 0.05) is 17.3 Å². The van der Waals surface area contributed by atoms with Crippen LogP contribution in [0.4, 0.5) is 8.78 Å². The second-order valence-electron chi connectivity index (χ2n) is 6.44. The summed E-state index contributed by atoms with van der Waals surface area (Å²) in [5, 5.41) is 22.5. The first-order chi connectivity index (χ1) is 11.6. The molecule has 0 fully saturated rings. The van der Waals surface area contributed by atoms with Gasteiger partial charge in [-0.3, -0.25) is 4.98 Å². The number of carbonyl (C=O) groups is 1. The second kappa shape index (κ2) is 6.75. The molecular weight excluding hydrogens is 336 g/mol. The molecule has 7 nitrogen and oxygen atoms in total. The molecule has 0 aliphatic heterocycles. The Morgan fingerprint density at radius 3 is 2.48 bits per heavy atom. The Balaban J connectivity index is 2.64. The lowest BCUT2D eigenvalue weighted by Crippen LogP contribution is -2.24. The Kier molecular flexibility index (Phi) is 5.07. The summed E-state index contributed by atoms with van der Waals surface area (Å²) in [5.41, 5.74) is -1.23. The predicted octanol–water partition coefficient (Wildman–Crippen LogP) is 3.26. The summed E-state index contributed by atoms with van der Waals surface area (Å²) in [6.07, 6.45) is -0.670. The van der Waals surface area contributed by atoms with E-state index < -0.39 is 30.1 Å². The molecule has 0 amide bonds. The maximum absolute atomic E-state index is 13.4. The molecule has 2 N–H and O–H groups in total. The number of aliphatic hydroxyl groups is 1. The molecular formula is C16H19F2N3O4. The number of rotatable bonds is 5. The third-order valence-electron chi connectivity index (χ3n) is 3.54. The highest BCUT2D eigenvalue weighted by atomic mass is 19.3. The fourth-order valence-electron chi connectivity index (χ4n) is 2.31. The third-order valence-corrected chi connectivity index (χ3v) is 3.54. The van der Waals surface area contributed by atoms with Gasteiger partial charge in [-0.05, 0) is 27.7 Å². The van der Waals surface area contributed by atoms with Gasteiger partial charge in [0.1, 0.15) is 0 Å². The lowest BCUT2D eigenvalue weighted by atomic mass is 10.1. The van der Waals surface area contributed by atoms with Crippen molar-refractivity contribution >= 4 is 5.97 Å². The number of pyridine rings is 1. The van der Waals surface area contributed by atoms with Gasteiger partial charge in [0.15, 0.2) is 11.4 Å². The van der Waals surface area contributed by atoms with Gasteiger partial charge in [-0.1, -0.05) is 0 Å². The van der Waals surface area contributed by atoms with E-state index in [2.05, 4.69) is 10.1 Å². The molecule has 0 bridgehead atoms. The molecule has 2 aromatic rings. The number of hydrogen-bond acceptors (Lipinski definition) is 5. The second-order valence-corrected chi connectivity index (χ2v) is 6.44. The molecule has 0 saturated heterocycles. The number of alkyl halides is 2. The fourth-order valence-corrected chi connectivity index (χ4v) is 2.31. The van der Waals surface area contributed by atoms with Gasteiger partial charge in [0.2, 0.25) is 5.88 Å². The molecule has 0 aromatic carbocycles. The van der Waals surface area contributed by atoms with E-state index in [1.807, 2.05) is 0 Å². The standard InChI is InChI=1S/C16H19F2N3O4/c1-8-12(15(23)24)20-21(16(2,3)4)14(8)25-10-6-19-5-9(7-22)11(10)13(17)18/h5-6,13,22H,7H2,1-4H3,(H,23,24). The van der Waals surface area contributed by atoms with Crippen LogP contribution >= 0.6 is 0 Å². The van der Waals surface area contributed by atoms with Gasteiger partial charge in [-0.15, -0.1) is 0 Å². The van der Waals surface area contributed by atoms with E-state index in [9.17, 15) is 23.8 Å². The van der Waals surface area contributed by atoms with Crippen molar-refractivity contribution in [2.75, 3.05) is 0 Å². The summed E-state index contributed by atoms with van der Waals surface area (Å²) in [6.45, 7) is 6.18. The van der Waals surface area contributed by atoms with Crippen LogP contribution in [0.3, 0.4) is 0 Å². The van der Waals surface area contributed by atoms with Crippen molar-refractivity contribution in [1.29, 1.82) is 0 Å². The van der Waals surface area contributed by atoms with Crippen molar-refractivity contribution in [1.82, 2.24) is 14.8 Å². The number of halogens is 2. The molecule has 136 valence electrons. The van der Waals surface area contributed by atoms with Crippen LogP contribution in [-0.2, 0) is 12.1 Å². The number of aromatic carboxylic acids is 1. The van der Waals surface area contributed by atoms with Crippen LogP contribution in [-0.4, -0.2) is 30.9 Å². The van der Waals surface area contributed by atoms with E-state index in [1.54, 1.807) is 20.8 Å². The number of carboxylic acid groups (broad SMARTS) is 1. The first kappa shape index (κ1) is 18.8. The number of nitrogens with zero attached hydrogens (tertiary/aromatic N) is 3. The van der Waals surface area contributed by atoms with E-state index in [0.717, 1.165) is 12.4 Å². The molecule has 25 heavy (non-hydrogen) atoms. The number of hydrogen-bond donors (Lipinski definition) is 2. The third kappa shape index (κ3) is 3.60. The Bertz CT molecular complexity index is 797. The zero-order chi connectivity index (χ0) is 18.9. The maximum Gasteiger partial charge on any atom is 0.356 e. The van der Waals surface area contributed by atoms with Crippen LogP contribution in [0.15, 0.2) is 12.4 Å². The number of ether oxygens (including phenoxy) is 1. The smallest absolute Gasteiger partial charge is 0.356 e. The van der Waals surface area contributed by atoms with E-state index >= 15 is 0 Å². The van der Waals surface area contributed by atoms with Gasteiger partial charge in [0.25, 0.3) is 6.43 Å². The zero-order valence-corrected chi connectivity index (χ0v) is 14.2. The average Bonchev–Trinajstić information content (AvgIpc) is 2.84. The quantitative estimate of drug-likeness (QED) is 0.854. The lowest BCUT2D eigenvalue weighted by molar-refractivity contribution is 0.0688. The highest BCUT2D eigenvalue weighted by Crippen LogP contribution is 2.37. The molecule has 0 radical (unpaired) electrons. The van der Waals surface area contributed by atoms with Crippen molar-refractivity contribution in [2.24, 2.45) is 0 Å². The maximum atomic E-state index is 13.4. The van der Waals surface area contributed by atoms with Crippen molar-refractivity contribution < 1.29 is 28.5 Å². The first-order valence-electron chi connectivity index (χ1n) is 7.45. The van der Waals surface area contributed by atoms with Gasteiger partial charge >= 0.3 is 5.97 Å². The first-order valence-corrected chi connectivity index (χ1v) is 7.45. The van der Waals surface area contributed by atoms with E-state index in [-0.39, 0.29) is 28.5 Å². The minimum Gasteiger partial charge on any atom is -0.476 e. The SMILES string of the molecule is Cc1c(C(=O)O)nn(C(C)(C)C)c1Oc1cncc(CO)c1C(F)F. The number of carboxylic acids is 1. The molecule has 0 saturated carbocycles. The molecule has 0 aliphatic rings. The lowest BCUT2D eigenvalue weighted by Gasteiger charge is -2.23. The molecule has 0 unspecified atom stereocenters. The van der Waals surface area contributed by atoms with Crippen molar-refractivity contribution in [3.63, 3.8) is 0 Å². The average molecular weight is 355 g/mol. The van der Waals surface area contributed by atoms with Crippen LogP contribution < -0.4 is 4.74 Å². The summed E-state index contributed by atoms with van der Waals surface area (Å²) in [6, 6.07) is 0. The van der Waals surface area contributed by atoms with Gasteiger partial charge in [-0.2, -0.15) is 5.10 Å². The summed E-state index contributed by atoms with van der Waals surface area (Å²) < 4.78 is 33.8. The van der Waals surface area contributed by atoms with E-state index in [0.29, 0.717) is 0 Å². The Labute approximate surface area is 142 Å². The highest BCUT2D eigenvalue weighted by Gasteiger charge is 2.29. The van der Waals surface area contributed by atoms with Gasteiger partial charge in [-0.25, -0.2) is 18.3 Å². The molecule has 0 atom stereocenters. The summed E-state index contributed by atoms with van der Waals surface area (Å²) in [4.78, 5) is 15.1. The molecule has 9 heteroatoms. The Morgan fingerprint density at radius 1 is 1.36 bits per heavy atom. The Morgan fingerprint density at radius 2 is 2.00 bits per heavy atom. The van der Waals surface area contributed by atoms with E-state index in [4.69, 9.17) is 4.74 Å². The predicted molar refractivity (Wildman–Crippen MR) is 84.1 cm³/mol. The summed E-state index contributed by atoms with van der Waals surface area (Å²) >= 11 is 0. The number of aliphatic hydroxyl groups excluding tert-OH is 1. The van der Waals surface area contributed by atoms with Crippen LogP contribution in [0, 0.1) is 6.92 Å². The monoisotopic (exact) mass is 355 g/mol. The largest absolute Gasteiger partial charge is 0.476 e. The number of aromatic nitrogens is 3. The molecule has 0 aliphatic carbocycles. The van der Waals surface area contributed by atoms with Crippen LogP contribution in [0.5, 0.6) is 11.6 Å². The van der Waals surface area contributed by atoms with E-state index in [1.165, 1.54) is 11.6 Å². The molecule has 0 spiro atoms. The highest BCUT2D eigenvalue weighted by molar-refractivity contribution is 5.87. The Hall–Kier alpha value is -2.55. The normalized spacial score (nSPS) is 11.8. The van der Waals surface area contributed by atoms with Crippen LogP contribution in [0.2, 0.25) is 0 Å². The summed E-state index contributed by atoms with van der Waals surface area (Å²) in [5.74, 6) is -1.47. The fraction of sp³-hybridized carbons (Fsp3) is 0.438. The minimum atomic E-state index is -2.90. The van der Waals surface area contributed by atoms with Crippen molar-refractivity contribution in [3.8, 4) is 11.6 Å². The van der Waals surface area contributed by atoms with Crippen LogP contribution in [0.1, 0.15) is 54.4 Å². The van der Waals surface area contributed by atoms with Crippen molar-refractivity contribution in [2.45, 2.75) is 46.3 Å². The van der Waals surface area contributed by atoms with Gasteiger partial charge < -0.3 is 14.9 Å². The summed E-state index contributed by atoms with van der Waals surface area (Å²) in [7, 11) is 0. The topological polar surface area (TPSA) is 97.5 Å². The van der Waals surface area contributed by atoms with Crippen LogP contribution in [0.25, 0.3) is 0 Å². The molecule has 2 aromatic heterocycles. The molecule has 2 heterocycles. The van der Waals surface area contributed by atoms with Gasteiger partial charge in [0.05, 0.1) is 23.9 Å². The zero-order valence-electron chi connectivity index (χ0n) is 14.2. The van der Waals surface area contributed by atoms with Crippen molar-refractivity contribution in [3.05, 3.63) is 34.8 Å². The minimum absolute atomic E-state index is 0.0312. The molecule has 2 rings (SSSR count).